The van der Waals surface area contributed by atoms with Crippen LogP contribution >= 0.6 is 11.3 Å². The lowest BCUT2D eigenvalue weighted by molar-refractivity contribution is 0.102. The Labute approximate surface area is 194 Å². The number of anilines is 1. The largest absolute Gasteiger partial charge is 0.478 e. The normalized spacial score (nSPS) is 10.8. The lowest BCUT2D eigenvalue weighted by atomic mass is 10.1. The van der Waals surface area contributed by atoms with E-state index in [4.69, 9.17) is 4.74 Å². The highest BCUT2D eigenvalue weighted by atomic mass is 32.1. The number of ether oxygens (including phenoxy) is 1. The Morgan fingerprint density at radius 2 is 1.79 bits per heavy atom. The van der Waals surface area contributed by atoms with Gasteiger partial charge in [-0.2, -0.15) is 4.98 Å². The maximum Gasteiger partial charge on any atom is 0.274 e. The van der Waals surface area contributed by atoms with Gasteiger partial charge in [-0.1, -0.05) is 53.8 Å². The van der Waals surface area contributed by atoms with E-state index in [9.17, 15) is 4.79 Å². The Morgan fingerprint density at radius 1 is 0.970 bits per heavy atom. The van der Waals surface area contributed by atoms with Crippen LogP contribution in [0.2, 0.25) is 0 Å². The van der Waals surface area contributed by atoms with Crippen molar-refractivity contribution in [3.63, 3.8) is 0 Å². The third-order valence-corrected chi connectivity index (χ3v) is 5.84. The number of benzene rings is 2. The van der Waals surface area contributed by atoms with Crippen molar-refractivity contribution >= 4 is 33.3 Å². The number of hydrogen-bond donors (Lipinski definition) is 1. The smallest absolute Gasteiger partial charge is 0.274 e. The molecule has 1 amide bonds. The first-order valence-corrected chi connectivity index (χ1v) is 11.2. The minimum atomic E-state index is -0.359. The molecule has 7 nitrogen and oxygen atoms in total. The standard InChI is InChI=1S/C25H19N5O2S/c1-2-32-21-15-20(27-22(30-21)16-9-4-3-5-10-16)23(31)28-18-12-7-6-11-17(18)24-29-19-13-8-14-26-25(19)33-24/h3-15H,2H2,1H3,(H,28,31). The average molecular weight is 454 g/mol. The van der Waals surface area contributed by atoms with Crippen LogP contribution in [0.4, 0.5) is 5.69 Å². The third kappa shape index (κ3) is 4.42. The summed E-state index contributed by atoms with van der Waals surface area (Å²) in [6.45, 7) is 2.30. The number of nitrogens with zero attached hydrogens (tertiary/aromatic N) is 4. The maximum absolute atomic E-state index is 13.2. The molecule has 0 aliphatic heterocycles. The molecule has 1 N–H and O–H groups in total. The second-order valence-corrected chi connectivity index (χ2v) is 8.04. The fourth-order valence-electron chi connectivity index (χ4n) is 3.33. The second kappa shape index (κ2) is 9.13. The molecule has 0 saturated carbocycles. The Bertz CT molecular complexity index is 1400. The third-order valence-electron chi connectivity index (χ3n) is 4.83. The molecule has 8 heteroatoms. The highest BCUT2D eigenvalue weighted by Gasteiger charge is 2.17. The minimum Gasteiger partial charge on any atom is -0.478 e. The van der Waals surface area contributed by atoms with Crippen molar-refractivity contribution in [2.75, 3.05) is 11.9 Å². The van der Waals surface area contributed by atoms with E-state index in [0.717, 1.165) is 26.5 Å². The first-order chi connectivity index (χ1) is 16.2. The van der Waals surface area contributed by atoms with Gasteiger partial charge < -0.3 is 10.1 Å². The van der Waals surface area contributed by atoms with Gasteiger partial charge in [0.25, 0.3) is 5.91 Å². The summed E-state index contributed by atoms with van der Waals surface area (Å²) in [6.07, 6.45) is 1.74. The van der Waals surface area contributed by atoms with Crippen LogP contribution < -0.4 is 10.1 Å². The van der Waals surface area contributed by atoms with Gasteiger partial charge in [-0.3, -0.25) is 4.79 Å². The van der Waals surface area contributed by atoms with Crippen LogP contribution in [0.15, 0.2) is 79.0 Å². The van der Waals surface area contributed by atoms with Crippen molar-refractivity contribution in [3.8, 4) is 27.8 Å². The molecular weight excluding hydrogens is 434 g/mol. The number of carbonyl (C=O) groups excluding carboxylic acids is 1. The SMILES string of the molecule is CCOc1cc(C(=O)Nc2ccccc2-c2nc3cccnc3s2)nc(-c2ccccc2)n1. The van der Waals surface area contributed by atoms with E-state index in [-0.39, 0.29) is 11.6 Å². The summed E-state index contributed by atoms with van der Waals surface area (Å²) in [4.78, 5) is 32.0. The number of para-hydroxylation sites is 1. The first kappa shape index (κ1) is 20.7. The molecule has 3 heterocycles. The Morgan fingerprint density at radius 3 is 2.61 bits per heavy atom. The number of thiazole rings is 1. The lowest BCUT2D eigenvalue weighted by Crippen LogP contribution is -2.15. The molecule has 5 aromatic rings. The number of nitrogens with one attached hydrogen (secondary N) is 1. The fraction of sp³-hybridized carbons (Fsp3) is 0.0800. The molecular formula is C25H19N5O2S. The van der Waals surface area contributed by atoms with Crippen LogP contribution in [0.3, 0.4) is 0 Å². The molecule has 2 aromatic carbocycles. The molecule has 0 fully saturated rings. The van der Waals surface area contributed by atoms with Gasteiger partial charge in [0.2, 0.25) is 5.88 Å². The summed E-state index contributed by atoms with van der Waals surface area (Å²) >= 11 is 1.48. The van der Waals surface area contributed by atoms with Crippen molar-refractivity contribution in [1.82, 2.24) is 19.9 Å². The first-order valence-electron chi connectivity index (χ1n) is 10.4. The Hall–Kier alpha value is -4.17. The van der Waals surface area contributed by atoms with E-state index in [1.807, 2.05) is 73.7 Å². The molecule has 0 atom stereocenters. The van der Waals surface area contributed by atoms with Gasteiger partial charge in [-0.05, 0) is 31.2 Å². The zero-order chi connectivity index (χ0) is 22.6. The number of aromatic nitrogens is 4. The molecule has 0 aliphatic rings. The fourth-order valence-corrected chi connectivity index (χ4v) is 4.28. The van der Waals surface area contributed by atoms with Crippen LogP contribution in [0, 0.1) is 0 Å². The Kier molecular flexibility index (Phi) is 5.73. The van der Waals surface area contributed by atoms with Crippen molar-refractivity contribution in [2.24, 2.45) is 0 Å². The molecule has 0 saturated heterocycles. The molecule has 0 aliphatic carbocycles. The van der Waals surface area contributed by atoms with Crippen LogP contribution in [0.25, 0.3) is 32.3 Å². The van der Waals surface area contributed by atoms with E-state index >= 15 is 0 Å². The summed E-state index contributed by atoms with van der Waals surface area (Å²) in [7, 11) is 0. The summed E-state index contributed by atoms with van der Waals surface area (Å²) in [5, 5.41) is 3.76. The number of rotatable bonds is 6. The van der Waals surface area contributed by atoms with Gasteiger partial charge in [0, 0.05) is 23.4 Å². The maximum atomic E-state index is 13.2. The summed E-state index contributed by atoms with van der Waals surface area (Å²) in [5.74, 6) is 0.418. The number of carbonyl (C=O) groups is 1. The van der Waals surface area contributed by atoms with E-state index in [1.165, 1.54) is 11.3 Å². The van der Waals surface area contributed by atoms with Crippen LogP contribution in [-0.4, -0.2) is 32.4 Å². The van der Waals surface area contributed by atoms with E-state index in [1.54, 1.807) is 12.3 Å². The zero-order valence-corrected chi connectivity index (χ0v) is 18.5. The predicted molar refractivity (Wildman–Crippen MR) is 129 cm³/mol. The number of hydrogen-bond acceptors (Lipinski definition) is 7. The molecule has 33 heavy (non-hydrogen) atoms. The molecule has 3 aromatic heterocycles. The summed E-state index contributed by atoms with van der Waals surface area (Å²) < 4.78 is 5.59. The van der Waals surface area contributed by atoms with Gasteiger partial charge in [-0.15, -0.1) is 0 Å². The quantitative estimate of drug-likeness (QED) is 0.367. The highest BCUT2D eigenvalue weighted by molar-refractivity contribution is 7.21. The molecule has 0 bridgehead atoms. The molecule has 5 rings (SSSR count). The van der Waals surface area contributed by atoms with Gasteiger partial charge in [0.15, 0.2) is 5.82 Å². The predicted octanol–water partition coefficient (Wildman–Crippen LogP) is 5.47. The molecule has 162 valence electrons. The topological polar surface area (TPSA) is 89.9 Å². The average Bonchev–Trinajstić information content (AvgIpc) is 3.29. The monoisotopic (exact) mass is 453 g/mol. The minimum absolute atomic E-state index is 0.216. The van der Waals surface area contributed by atoms with Crippen molar-refractivity contribution in [1.29, 1.82) is 0 Å². The molecule has 0 radical (unpaired) electrons. The lowest BCUT2D eigenvalue weighted by Gasteiger charge is -2.11. The second-order valence-electron chi connectivity index (χ2n) is 7.06. The van der Waals surface area contributed by atoms with Gasteiger partial charge in [0.05, 0.1) is 12.3 Å². The molecule has 0 spiro atoms. The van der Waals surface area contributed by atoms with Crippen LogP contribution in [0.5, 0.6) is 5.88 Å². The summed E-state index contributed by atoms with van der Waals surface area (Å²) in [5.41, 5.74) is 3.29. The van der Waals surface area contributed by atoms with Crippen LogP contribution in [-0.2, 0) is 0 Å². The Balaban J connectivity index is 1.50. The number of pyridine rings is 1. The van der Waals surface area contributed by atoms with E-state index in [2.05, 4.69) is 25.3 Å². The van der Waals surface area contributed by atoms with Gasteiger partial charge in [0.1, 0.15) is 21.0 Å². The zero-order valence-electron chi connectivity index (χ0n) is 17.7. The molecule has 0 unspecified atom stereocenters. The summed E-state index contributed by atoms with van der Waals surface area (Å²) in [6, 6.07) is 22.4. The van der Waals surface area contributed by atoms with Crippen LogP contribution in [0.1, 0.15) is 17.4 Å². The van der Waals surface area contributed by atoms with Crippen molar-refractivity contribution in [3.05, 3.63) is 84.7 Å². The van der Waals surface area contributed by atoms with Gasteiger partial charge >= 0.3 is 0 Å². The van der Waals surface area contributed by atoms with Crippen molar-refractivity contribution < 1.29 is 9.53 Å². The van der Waals surface area contributed by atoms with Crippen molar-refractivity contribution in [2.45, 2.75) is 6.92 Å². The van der Waals surface area contributed by atoms with Gasteiger partial charge in [-0.25, -0.2) is 15.0 Å². The number of amides is 1. The van der Waals surface area contributed by atoms with E-state index < -0.39 is 0 Å². The number of fused-ring (bicyclic) bond motifs is 1. The van der Waals surface area contributed by atoms with E-state index in [0.29, 0.717) is 24.0 Å². The highest BCUT2D eigenvalue weighted by Crippen LogP contribution is 2.33.